The lowest BCUT2D eigenvalue weighted by atomic mass is 10.1. The summed E-state index contributed by atoms with van der Waals surface area (Å²) in [5, 5.41) is 3.63. The monoisotopic (exact) mass is 344 g/mol. The van der Waals surface area contributed by atoms with Crippen molar-refractivity contribution in [1.29, 1.82) is 0 Å². The molecule has 0 aliphatic carbocycles. The van der Waals surface area contributed by atoms with Gasteiger partial charge in [0.2, 0.25) is 5.95 Å². The highest BCUT2D eigenvalue weighted by atomic mass is 16.1. The van der Waals surface area contributed by atoms with Crippen LogP contribution in [0.3, 0.4) is 0 Å². The van der Waals surface area contributed by atoms with Crippen molar-refractivity contribution in [3.05, 3.63) is 66.5 Å². The average Bonchev–Trinajstić information content (AvgIpc) is 3.07. The Bertz CT molecular complexity index is 1120. The topological polar surface area (TPSA) is 85.6 Å². The minimum Gasteiger partial charge on any atom is -0.334 e. The van der Waals surface area contributed by atoms with E-state index >= 15 is 0 Å². The van der Waals surface area contributed by atoms with Gasteiger partial charge < -0.3 is 4.57 Å². The van der Waals surface area contributed by atoms with E-state index < -0.39 is 0 Å². The van der Waals surface area contributed by atoms with Crippen LogP contribution in [0.1, 0.15) is 16.1 Å². The third-order valence-electron chi connectivity index (χ3n) is 4.08. The number of benzene rings is 1. The summed E-state index contributed by atoms with van der Waals surface area (Å²) >= 11 is 0. The molecule has 0 spiro atoms. The SMILES string of the molecule is Cc1cc(C(=O)Nc2ncc3ccc(-c4cncn4C)cc3n2)ccn1. The van der Waals surface area contributed by atoms with E-state index in [4.69, 9.17) is 0 Å². The van der Waals surface area contributed by atoms with Crippen LogP contribution in [-0.4, -0.2) is 30.4 Å². The molecule has 0 saturated heterocycles. The van der Waals surface area contributed by atoms with Gasteiger partial charge in [0.1, 0.15) is 0 Å². The molecule has 7 nitrogen and oxygen atoms in total. The highest BCUT2D eigenvalue weighted by Crippen LogP contribution is 2.23. The van der Waals surface area contributed by atoms with E-state index in [-0.39, 0.29) is 11.9 Å². The predicted octanol–water partition coefficient (Wildman–Crippen LogP) is 2.99. The molecule has 0 fully saturated rings. The van der Waals surface area contributed by atoms with Crippen LogP contribution in [0.15, 0.2) is 55.2 Å². The maximum Gasteiger partial charge on any atom is 0.258 e. The van der Waals surface area contributed by atoms with E-state index in [0.717, 1.165) is 27.9 Å². The van der Waals surface area contributed by atoms with Gasteiger partial charge in [-0.1, -0.05) is 12.1 Å². The van der Waals surface area contributed by atoms with Crippen LogP contribution >= 0.6 is 0 Å². The van der Waals surface area contributed by atoms with Crippen molar-refractivity contribution in [2.24, 2.45) is 7.05 Å². The number of nitrogens with one attached hydrogen (secondary N) is 1. The normalized spacial score (nSPS) is 10.8. The van der Waals surface area contributed by atoms with Crippen LogP contribution in [0.2, 0.25) is 0 Å². The molecule has 0 aliphatic heterocycles. The van der Waals surface area contributed by atoms with E-state index in [0.29, 0.717) is 5.56 Å². The fourth-order valence-electron chi connectivity index (χ4n) is 2.74. The Kier molecular flexibility index (Phi) is 3.89. The number of carbonyl (C=O) groups is 1. The first-order chi connectivity index (χ1) is 12.6. The highest BCUT2D eigenvalue weighted by molar-refractivity contribution is 6.03. The fraction of sp³-hybridized carbons (Fsp3) is 0.105. The molecule has 7 heteroatoms. The van der Waals surface area contributed by atoms with E-state index in [9.17, 15) is 4.79 Å². The Balaban J connectivity index is 1.66. The molecule has 0 aliphatic rings. The highest BCUT2D eigenvalue weighted by Gasteiger charge is 2.10. The van der Waals surface area contributed by atoms with Gasteiger partial charge in [-0.3, -0.25) is 15.1 Å². The first kappa shape index (κ1) is 15.9. The Labute approximate surface area is 149 Å². The van der Waals surface area contributed by atoms with Gasteiger partial charge in [-0.15, -0.1) is 0 Å². The summed E-state index contributed by atoms with van der Waals surface area (Å²) in [5.41, 5.74) is 4.03. The first-order valence-electron chi connectivity index (χ1n) is 8.08. The molecule has 0 radical (unpaired) electrons. The van der Waals surface area contributed by atoms with E-state index in [2.05, 4.69) is 25.3 Å². The zero-order valence-corrected chi connectivity index (χ0v) is 14.3. The van der Waals surface area contributed by atoms with E-state index in [1.807, 2.05) is 36.7 Å². The number of aryl methyl sites for hydroxylation is 2. The Hall–Kier alpha value is -3.61. The van der Waals surface area contributed by atoms with Crippen molar-refractivity contribution in [2.45, 2.75) is 6.92 Å². The number of carbonyl (C=O) groups excluding carboxylic acids is 1. The second-order valence-corrected chi connectivity index (χ2v) is 6.00. The van der Waals surface area contributed by atoms with Crippen molar-refractivity contribution >= 4 is 22.8 Å². The van der Waals surface area contributed by atoms with Crippen LogP contribution in [0.25, 0.3) is 22.2 Å². The van der Waals surface area contributed by atoms with Gasteiger partial charge in [-0.05, 0) is 25.1 Å². The van der Waals surface area contributed by atoms with Gasteiger partial charge in [0, 0.05) is 41.6 Å². The lowest BCUT2D eigenvalue weighted by Crippen LogP contribution is -2.14. The van der Waals surface area contributed by atoms with Crippen LogP contribution in [0.5, 0.6) is 0 Å². The Morgan fingerprint density at radius 1 is 1.12 bits per heavy atom. The zero-order valence-electron chi connectivity index (χ0n) is 14.3. The van der Waals surface area contributed by atoms with Gasteiger partial charge >= 0.3 is 0 Å². The van der Waals surface area contributed by atoms with Crippen LogP contribution in [0, 0.1) is 6.92 Å². The number of hydrogen-bond donors (Lipinski definition) is 1. The van der Waals surface area contributed by atoms with Crippen LogP contribution in [-0.2, 0) is 7.05 Å². The minimum absolute atomic E-state index is 0.263. The van der Waals surface area contributed by atoms with Crippen LogP contribution < -0.4 is 5.32 Å². The maximum atomic E-state index is 12.4. The van der Waals surface area contributed by atoms with Crippen molar-refractivity contribution in [3.8, 4) is 11.3 Å². The number of fused-ring (bicyclic) bond motifs is 1. The summed E-state index contributed by atoms with van der Waals surface area (Å²) < 4.78 is 1.94. The van der Waals surface area contributed by atoms with Gasteiger partial charge in [0.05, 0.1) is 23.7 Å². The number of hydrogen-bond acceptors (Lipinski definition) is 5. The van der Waals surface area contributed by atoms with E-state index in [1.165, 1.54) is 0 Å². The first-order valence-corrected chi connectivity index (χ1v) is 8.08. The Morgan fingerprint density at radius 3 is 2.77 bits per heavy atom. The number of amides is 1. The molecule has 3 heterocycles. The van der Waals surface area contributed by atoms with Crippen molar-refractivity contribution in [1.82, 2.24) is 24.5 Å². The smallest absolute Gasteiger partial charge is 0.258 e. The Morgan fingerprint density at radius 2 is 2.00 bits per heavy atom. The summed E-state index contributed by atoms with van der Waals surface area (Å²) in [6.07, 6.45) is 6.85. The van der Waals surface area contributed by atoms with Gasteiger partial charge in [-0.2, -0.15) is 0 Å². The summed E-state index contributed by atoms with van der Waals surface area (Å²) in [5.74, 6) is -0.00300. The molecule has 26 heavy (non-hydrogen) atoms. The lowest BCUT2D eigenvalue weighted by Gasteiger charge is -2.07. The number of pyridine rings is 1. The average molecular weight is 344 g/mol. The molecule has 4 rings (SSSR count). The maximum absolute atomic E-state index is 12.4. The second kappa shape index (κ2) is 6.36. The van der Waals surface area contributed by atoms with Gasteiger partial charge in [0.25, 0.3) is 5.91 Å². The number of aromatic nitrogens is 5. The number of nitrogens with zero attached hydrogens (tertiary/aromatic N) is 5. The lowest BCUT2D eigenvalue weighted by molar-refractivity contribution is 0.102. The zero-order chi connectivity index (χ0) is 18.1. The molecule has 3 aromatic heterocycles. The molecule has 1 amide bonds. The van der Waals surface area contributed by atoms with Crippen molar-refractivity contribution < 1.29 is 4.79 Å². The predicted molar refractivity (Wildman–Crippen MR) is 98.7 cm³/mol. The summed E-state index contributed by atoms with van der Waals surface area (Å²) in [7, 11) is 1.94. The molecule has 0 saturated carbocycles. The standard InChI is InChI=1S/C19H16N6O/c1-12-7-14(5-6-21-12)18(26)24-19-22-9-15-4-3-13(8-16(15)23-19)17-10-20-11-25(17)2/h3-11H,1-2H3,(H,22,23,24,26). The fourth-order valence-corrected chi connectivity index (χ4v) is 2.74. The number of rotatable bonds is 3. The number of anilines is 1. The third-order valence-corrected chi connectivity index (χ3v) is 4.08. The van der Waals surface area contributed by atoms with Crippen molar-refractivity contribution in [3.63, 3.8) is 0 Å². The third kappa shape index (κ3) is 3.02. The quantitative estimate of drug-likeness (QED) is 0.617. The number of imidazole rings is 1. The molecule has 4 aromatic rings. The molecular weight excluding hydrogens is 328 g/mol. The van der Waals surface area contributed by atoms with Crippen molar-refractivity contribution in [2.75, 3.05) is 5.32 Å². The van der Waals surface area contributed by atoms with Gasteiger partial charge in [-0.25, -0.2) is 15.0 Å². The molecule has 1 N–H and O–H groups in total. The molecule has 0 bridgehead atoms. The minimum atomic E-state index is -0.266. The van der Waals surface area contributed by atoms with Crippen LogP contribution in [0.4, 0.5) is 5.95 Å². The largest absolute Gasteiger partial charge is 0.334 e. The molecular formula is C19H16N6O. The second-order valence-electron chi connectivity index (χ2n) is 6.00. The summed E-state index contributed by atoms with van der Waals surface area (Å²) in [6.45, 7) is 1.84. The molecule has 128 valence electrons. The summed E-state index contributed by atoms with van der Waals surface area (Å²) in [4.78, 5) is 29.3. The van der Waals surface area contributed by atoms with E-state index in [1.54, 1.807) is 37.1 Å². The molecule has 1 aromatic carbocycles. The summed E-state index contributed by atoms with van der Waals surface area (Å²) in [6, 6.07) is 9.29. The molecule has 0 unspecified atom stereocenters. The van der Waals surface area contributed by atoms with Gasteiger partial charge in [0.15, 0.2) is 0 Å². The molecule has 0 atom stereocenters.